The fourth-order valence-electron chi connectivity index (χ4n) is 1.69. The molecule has 0 aliphatic heterocycles. The molecular formula is C14H20N4O2S. The minimum absolute atomic E-state index is 0.193. The SMILES string of the molecule is CCCCSCCOCn1cnc(C(=O)n2ccnc2)c1. The summed E-state index contributed by atoms with van der Waals surface area (Å²) in [6.45, 7) is 3.31. The van der Waals surface area contributed by atoms with Gasteiger partial charge < -0.3 is 9.30 Å². The second-order valence-corrected chi connectivity index (χ2v) is 5.78. The molecule has 0 saturated carbocycles. The van der Waals surface area contributed by atoms with Crippen molar-refractivity contribution in [3.05, 3.63) is 36.9 Å². The third kappa shape index (κ3) is 5.02. The molecule has 2 rings (SSSR count). The number of hydrogen-bond acceptors (Lipinski definition) is 5. The van der Waals surface area contributed by atoms with Crippen LogP contribution in [0, 0.1) is 0 Å². The smallest absolute Gasteiger partial charge is 0.283 e. The third-order valence-corrected chi connectivity index (χ3v) is 3.88. The second-order valence-electron chi connectivity index (χ2n) is 4.55. The summed E-state index contributed by atoms with van der Waals surface area (Å²) in [4.78, 5) is 19.9. The molecule has 0 aliphatic carbocycles. The summed E-state index contributed by atoms with van der Waals surface area (Å²) in [5.41, 5.74) is 0.383. The van der Waals surface area contributed by atoms with Crippen molar-refractivity contribution in [1.29, 1.82) is 0 Å². The van der Waals surface area contributed by atoms with Crippen LogP contribution in [0.1, 0.15) is 30.3 Å². The number of nitrogens with zero attached hydrogens (tertiary/aromatic N) is 4. The van der Waals surface area contributed by atoms with Gasteiger partial charge in [-0.3, -0.25) is 9.36 Å². The molecule has 2 aromatic heterocycles. The number of carbonyl (C=O) groups excluding carboxylic acids is 1. The maximum atomic E-state index is 12.0. The van der Waals surface area contributed by atoms with Gasteiger partial charge in [0, 0.05) is 24.3 Å². The zero-order valence-corrected chi connectivity index (χ0v) is 13.0. The van der Waals surface area contributed by atoms with Crippen LogP contribution in [0.4, 0.5) is 0 Å². The van der Waals surface area contributed by atoms with E-state index in [-0.39, 0.29) is 5.91 Å². The Kier molecular flexibility index (Phi) is 6.49. The number of aromatic nitrogens is 4. The molecule has 0 atom stereocenters. The van der Waals surface area contributed by atoms with E-state index in [1.807, 2.05) is 11.8 Å². The zero-order valence-electron chi connectivity index (χ0n) is 12.1. The van der Waals surface area contributed by atoms with Gasteiger partial charge in [-0.25, -0.2) is 9.97 Å². The Labute approximate surface area is 128 Å². The number of hydrogen-bond donors (Lipinski definition) is 0. The fourth-order valence-corrected chi connectivity index (χ4v) is 2.62. The number of ether oxygens (including phenoxy) is 1. The van der Waals surface area contributed by atoms with Crippen molar-refractivity contribution in [2.24, 2.45) is 0 Å². The van der Waals surface area contributed by atoms with Crippen molar-refractivity contribution in [2.75, 3.05) is 18.1 Å². The fraction of sp³-hybridized carbons (Fsp3) is 0.500. The first-order valence-corrected chi connectivity index (χ1v) is 8.16. The topological polar surface area (TPSA) is 61.9 Å². The van der Waals surface area contributed by atoms with Gasteiger partial charge in [-0.05, 0) is 12.2 Å². The molecule has 0 N–H and O–H groups in total. The van der Waals surface area contributed by atoms with E-state index in [1.165, 1.54) is 29.5 Å². The molecule has 0 fully saturated rings. The molecule has 0 amide bonds. The maximum Gasteiger partial charge on any atom is 0.283 e. The Balaban J connectivity index is 1.70. The van der Waals surface area contributed by atoms with E-state index in [0.29, 0.717) is 19.0 Å². The van der Waals surface area contributed by atoms with Gasteiger partial charge in [-0.1, -0.05) is 13.3 Å². The van der Waals surface area contributed by atoms with Gasteiger partial charge in [-0.15, -0.1) is 0 Å². The molecule has 0 saturated heterocycles. The lowest BCUT2D eigenvalue weighted by molar-refractivity contribution is 0.0894. The van der Waals surface area contributed by atoms with Gasteiger partial charge in [0.15, 0.2) is 0 Å². The quantitative estimate of drug-likeness (QED) is 0.665. The highest BCUT2D eigenvalue weighted by atomic mass is 32.2. The van der Waals surface area contributed by atoms with Crippen LogP contribution < -0.4 is 0 Å². The van der Waals surface area contributed by atoms with Crippen LogP contribution in [-0.4, -0.2) is 43.1 Å². The zero-order chi connectivity index (χ0) is 14.9. The summed E-state index contributed by atoms with van der Waals surface area (Å²) in [5, 5.41) is 0. The van der Waals surface area contributed by atoms with Crippen LogP contribution >= 0.6 is 11.8 Å². The minimum atomic E-state index is -0.193. The number of thioether (sulfide) groups is 1. The van der Waals surface area contributed by atoms with Crippen LogP contribution in [-0.2, 0) is 11.5 Å². The summed E-state index contributed by atoms with van der Waals surface area (Å²) >= 11 is 1.91. The van der Waals surface area contributed by atoms with Crippen molar-refractivity contribution in [3.63, 3.8) is 0 Å². The highest BCUT2D eigenvalue weighted by Crippen LogP contribution is 2.05. The molecule has 0 unspecified atom stereocenters. The molecule has 0 spiro atoms. The number of carbonyl (C=O) groups is 1. The van der Waals surface area contributed by atoms with E-state index in [0.717, 1.165) is 5.75 Å². The van der Waals surface area contributed by atoms with Crippen molar-refractivity contribution < 1.29 is 9.53 Å². The minimum Gasteiger partial charge on any atom is -0.360 e. The first-order chi connectivity index (χ1) is 10.3. The standard InChI is InChI=1S/C14H20N4O2S/c1-2-3-7-21-8-6-20-12-17-9-13(16-11-17)14(19)18-5-4-15-10-18/h4-5,9-11H,2-3,6-8,12H2,1H3. The summed E-state index contributed by atoms with van der Waals surface area (Å²) in [6, 6.07) is 0. The first-order valence-electron chi connectivity index (χ1n) is 7.01. The predicted octanol–water partition coefficient (Wildman–Crippen LogP) is 2.28. The maximum absolute atomic E-state index is 12.0. The van der Waals surface area contributed by atoms with Crippen molar-refractivity contribution in [1.82, 2.24) is 19.1 Å². The second kappa shape index (κ2) is 8.63. The van der Waals surface area contributed by atoms with E-state index in [2.05, 4.69) is 16.9 Å². The van der Waals surface area contributed by atoms with E-state index >= 15 is 0 Å². The number of rotatable bonds is 9. The lowest BCUT2D eigenvalue weighted by atomic mass is 10.4. The molecule has 0 bridgehead atoms. The number of imidazole rings is 2. The summed E-state index contributed by atoms with van der Waals surface area (Å²) in [7, 11) is 0. The molecule has 0 aromatic carbocycles. The van der Waals surface area contributed by atoms with E-state index in [4.69, 9.17) is 4.74 Å². The van der Waals surface area contributed by atoms with Crippen LogP contribution in [0.5, 0.6) is 0 Å². The van der Waals surface area contributed by atoms with Gasteiger partial charge in [-0.2, -0.15) is 11.8 Å². The van der Waals surface area contributed by atoms with Crippen LogP contribution in [0.25, 0.3) is 0 Å². The predicted molar refractivity (Wildman–Crippen MR) is 82.4 cm³/mol. The molecule has 21 heavy (non-hydrogen) atoms. The van der Waals surface area contributed by atoms with Gasteiger partial charge in [0.1, 0.15) is 18.8 Å². The van der Waals surface area contributed by atoms with Crippen LogP contribution in [0.3, 0.4) is 0 Å². The Morgan fingerprint density at radius 1 is 1.38 bits per heavy atom. The Bertz CT molecular complexity index is 539. The van der Waals surface area contributed by atoms with Crippen molar-refractivity contribution >= 4 is 17.7 Å². The van der Waals surface area contributed by atoms with Gasteiger partial charge in [0.2, 0.25) is 0 Å². The average molecular weight is 308 g/mol. The van der Waals surface area contributed by atoms with Crippen molar-refractivity contribution in [2.45, 2.75) is 26.5 Å². The molecule has 0 radical (unpaired) electrons. The lowest BCUT2D eigenvalue weighted by Gasteiger charge is -2.04. The molecule has 6 nitrogen and oxygen atoms in total. The van der Waals surface area contributed by atoms with Crippen LogP contribution in [0.2, 0.25) is 0 Å². The average Bonchev–Trinajstić information content (AvgIpc) is 3.17. The summed E-state index contributed by atoms with van der Waals surface area (Å²) in [6.07, 6.45) is 10.4. The molecule has 114 valence electrons. The molecule has 0 aliphatic rings. The summed E-state index contributed by atoms with van der Waals surface area (Å²) in [5.74, 6) is 1.99. The van der Waals surface area contributed by atoms with Crippen molar-refractivity contribution in [3.8, 4) is 0 Å². The largest absolute Gasteiger partial charge is 0.360 e. The first kappa shape index (κ1) is 15.8. The van der Waals surface area contributed by atoms with Crippen LogP contribution in [0.15, 0.2) is 31.2 Å². The Morgan fingerprint density at radius 2 is 2.29 bits per heavy atom. The molecule has 2 heterocycles. The highest BCUT2D eigenvalue weighted by Gasteiger charge is 2.10. The lowest BCUT2D eigenvalue weighted by Crippen LogP contribution is -2.10. The number of unbranched alkanes of at least 4 members (excludes halogenated alkanes) is 1. The monoisotopic (exact) mass is 308 g/mol. The van der Waals surface area contributed by atoms with Gasteiger partial charge in [0.05, 0.1) is 12.9 Å². The Hall–Kier alpha value is -1.60. The van der Waals surface area contributed by atoms with E-state index < -0.39 is 0 Å². The summed E-state index contributed by atoms with van der Waals surface area (Å²) < 4.78 is 8.72. The molecule has 2 aromatic rings. The van der Waals surface area contributed by atoms with E-state index in [9.17, 15) is 4.79 Å². The molecular weight excluding hydrogens is 288 g/mol. The highest BCUT2D eigenvalue weighted by molar-refractivity contribution is 7.99. The van der Waals surface area contributed by atoms with E-state index in [1.54, 1.807) is 29.5 Å². The third-order valence-electron chi connectivity index (χ3n) is 2.85. The normalized spacial score (nSPS) is 10.9. The Morgan fingerprint density at radius 3 is 3.05 bits per heavy atom. The van der Waals surface area contributed by atoms with Gasteiger partial charge in [0.25, 0.3) is 5.91 Å². The molecule has 7 heteroatoms. The van der Waals surface area contributed by atoms with Gasteiger partial charge >= 0.3 is 0 Å².